The predicted octanol–water partition coefficient (Wildman–Crippen LogP) is 3.72. The fourth-order valence-corrected chi connectivity index (χ4v) is 3.55. The van der Waals surface area contributed by atoms with E-state index in [4.69, 9.17) is 0 Å². The van der Waals surface area contributed by atoms with Crippen LogP contribution in [0.1, 0.15) is 63.9 Å². The Labute approximate surface area is 130 Å². The van der Waals surface area contributed by atoms with Crippen molar-refractivity contribution in [3.63, 3.8) is 0 Å². The van der Waals surface area contributed by atoms with Crippen molar-refractivity contribution in [3.8, 4) is 0 Å². The van der Waals surface area contributed by atoms with Crippen molar-refractivity contribution in [2.75, 3.05) is 0 Å². The van der Waals surface area contributed by atoms with Crippen LogP contribution >= 0.6 is 0 Å². The van der Waals surface area contributed by atoms with Crippen LogP contribution < -0.4 is 5.11 Å². The maximum absolute atomic E-state index is 13.5. The van der Waals surface area contributed by atoms with E-state index >= 15 is 0 Å². The maximum Gasteiger partial charge on any atom is 0.159 e. The summed E-state index contributed by atoms with van der Waals surface area (Å²) in [6.45, 7) is 2.16. The van der Waals surface area contributed by atoms with Gasteiger partial charge in [0.05, 0.1) is 5.97 Å². The van der Waals surface area contributed by atoms with E-state index < -0.39 is 23.0 Å². The third kappa shape index (κ3) is 3.47. The molecule has 0 spiro atoms. The minimum Gasteiger partial charge on any atom is -0.549 e. The molecule has 1 aromatic rings. The Morgan fingerprint density at radius 1 is 1.23 bits per heavy atom. The molecular weight excluding hydrogens is 286 g/mol. The van der Waals surface area contributed by atoms with E-state index in [1.807, 2.05) is 0 Å². The van der Waals surface area contributed by atoms with Crippen LogP contribution in [0.5, 0.6) is 0 Å². The average molecular weight is 309 g/mol. The standard InChI is InChI=1S/C18H24F2O2/c1-2-3-4-5-13-8-10-18(11-9-13,17(21)22)14-6-7-15(19)16(20)12-14/h6-7,12-13H,2-5,8-11H2,1H3,(H,21,22)/p-1. The van der Waals surface area contributed by atoms with Gasteiger partial charge in [0.25, 0.3) is 0 Å². The van der Waals surface area contributed by atoms with Gasteiger partial charge in [0.2, 0.25) is 0 Å². The minimum absolute atomic E-state index is 0.332. The van der Waals surface area contributed by atoms with Gasteiger partial charge in [-0.1, -0.05) is 38.7 Å². The molecule has 0 amide bonds. The van der Waals surface area contributed by atoms with Crippen molar-refractivity contribution in [2.45, 2.75) is 63.7 Å². The smallest absolute Gasteiger partial charge is 0.159 e. The number of hydrogen-bond acceptors (Lipinski definition) is 2. The van der Waals surface area contributed by atoms with Crippen LogP contribution in [0.4, 0.5) is 8.78 Å². The highest BCUT2D eigenvalue weighted by Crippen LogP contribution is 2.43. The van der Waals surface area contributed by atoms with Crippen molar-refractivity contribution in [2.24, 2.45) is 5.92 Å². The predicted molar refractivity (Wildman–Crippen MR) is 79.1 cm³/mol. The first-order valence-corrected chi connectivity index (χ1v) is 8.16. The van der Waals surface area contributed by atoms with Gasteiger partial charge in [0, 0.05) is 5.41 Å². The molecule has 1 fully saturated rings. The van der Waals surface area contributed by atoms with Gasteiger partial charge in [0.1, 0.15) is 0 Å². The van der Waals surface area contributed by atoms with E-state index in [1.54, 1.807) is 0 Å². The van der Waals surface area contributed by atoms with Crippen molar-refractivity contribution < 1.29 is 18.7 Å². The van der Waals surface area contributed by atoms with E-state index in [0.717, 1.165) is 31.4 Å². The topological polar surface area (TPSA) is 40.1 Å². The van der Waals surface area contributed by atoms with Gasteiger partial charge in [-0.15, -0.1) is 0 Å². The van der Waals surface area contributed by atoms with Crippen molar-refractivity contribution >= 4 is 5.97 Å². The number of carboxylic acids is 1. The highest BCUT2D eigenvalue weighted by Gasteiger charge is 2.38. The highest BCUT2D eigenvalue weighted by atomic mass is 19.2. The molecule has 0 N–H and O–H groups in total. The Hall–Kier alpha value is -1.45. The lowest BCUT2D eigenvalue weighted by molar-refractivity contribution is -0.315. The summed E-state index contributed by atoms with van der Waals surface area (Å²) in [7, 11) is 0. The number of unbranched alkanes of at least 4 members (excludes halogenated alkanes) is 2. The largest absolute Gasteiger partial charge is 0.549 e. The number of halogens is 2. The first-order valence-electron chi connectivity index (χ1n) is 8.16. The number of carboxylic acid groups (broad SMARTS) is 1. The molecule has 0 aromatic heterocycles. The summed E-state index contributed by atoms with van der Waals surface area (Å²) in [5.41, 5.74) is -0.839. The van der Waals surface area contributed by atoms with Crippen LogP contribution in [0.15, 0.2) is 18.2 Å². The second-order valence-corrected chi connectivity index (χ2v) is 6.44. The van der Waals surface area contributed by atoms with E-state index in [2.05, 4.69) is 6.92 Å². The molecule has 0 unspecified atom stereocenters. The number of carbonyl (C=O) groups is 1. The third-order valence-corrected chi connectivity index (χ3v) is 5.04. The molecule has 4 heteroatoms. The molecule has 2 rings (SSSR count). The fourth-order valence-electron chi connectivity index (χ4n) is 3.55. The lowest BCUT2D eigenvalue weighted by atomic mass is 9.66. The monoisotopic (exact) mass is 309 g/mol. The molecule has 0 atom stereocenters. The zero-order valence-corrected chi connectivity index (χ0v) is 13.0. The van der Waals surface area contributed by atoms with Crippen molar-refractivity contribution in [3.05, 3.63) is 35.4 Å². The van der Waals surface area contributed by atoms with Gasteiger partial charge >= 0.3 is 0 Å². The van der Waals surface area contributed by atoms with Crippen LogP contribution in [-0.2, 0) is 10.2 Å². The Kier molecular flexibility index (Phi) is 5.54. The van der Waals surface area contributed by atoms with Crippen LogP contribution in [0.2, 0.25) is 0 Å². The van der Waals surface area contributed by atoms with E-state index in [1.165, 1.54) is 25.3 Å². The van der Waals surface area contributed by atoms with Gasteiger partial charge in [-0.3, -0.25) is 0 Å². The fraction of sp³-hybridized carbons (Fsp3) is 0.611. The summed E-state index contributed by atoms with van der Waals surface area (Å²) in [5.74, 6) is -2.59. The van der Waals surface area contributed by atoms with Crippen molar-refractivity contribution in [1.29, 1.82) is 0 Å². The highest BCUT2D eigenvalue weighted by molar-refractivity contribution is 5.79. The Morgan fingerprint density at radius 2 is 1.91 bits per heavy atom. The summed E-state index contributed by atoms with van der Waals surface area (Å²) in [5, 5.41) is 11.7. The van der Waals surface area contributed by atoms with Gasteiger partial charge in [-0.2, -0.15) is 0 Å². The number of benzene rings is 1. The quantitative estimate of drug-likeness (QED) is 0.751. The molecule has 0 aliphatic heterocycles. The van der Waals surface area contributed by atoms with Crippen LogP contribution in [-0.4, -0.2) is 5.97 Å². The maximum atomic E-state index is 13.5. The Balaban J connectivity index is 2.11. The number of aliphatic carboxylic acids is 1. The second-order valence-electron chi connectivity index (χ2n) is 6.44. The summed E-state index contributed by atoms with van der Waals surface area (Å²) in [4.78, 5) is 11.7. The van der Waals surface area contributed by atoms with Gasteiger partial charge in [-0.25, -0.2) is 8.78 Å². The molecule has 0 saturated heterocycles. The van der Waals surface area contributed by atoms with Crippen LogP contribution in [0, 0.1) is 17.6 Å². The number of hydrogen-bond donors (Lipinski definition) is 0. The molecule has 122 valence electrons. The van der Waals surface area contributed by atoms with Gasteiger partial charge < -0.3 is 9.90 Å². The molecule has 0 bridgehead atoms. The summed E-state index contributed by atoms with van der Waals surface area (Å²) >= 11 is 0. The minimum atomic E-state index is -1.18. The van der Waals surface area contributed by atoms with Crippen LogP contribution in [0.3, 0.4) is 0 Å². The first kappa shape index (κ1) is 16.9. The third-order valence-electron chi connectivity index (χ3n) is 5.04. The molecule has 0 radical (unpaired) electrons. The SMILES string of the molecule is CCCCCC1CCC(C(=O)[O-])(c2ccc(F)c(F)c2)CC1. The van der Waals surface area contributed by atoms with Gasteiger partial charge in [-0.05, 0) is 49.3 Å². The van der Waals surface area contributed by atoms with Crippen molar-refractivity contribution in [1.82, 2.24) is 0 Å². The summed E-state index contributed by atoms with van der Waals surface area (Å²) < 4.78 is 26.6. The average Bonchev–Trinajstić information content (AvgIpc) is 2.51. The molecular formula is C18H23F2O2-. The second kappa shape index (κ2) is 7.21. The van der Waals surface area contributed by atoms with E-state index in [0.29, 0.717) is 24.3 Å². The molecule has 1 aliphatic rings. The summed E-state index contributed by atoms with van der Waals surface area (Å²) in [6.07, 6.45) is 7.15. The lowest BCUT2D eigenvalue weighted by Gasteiger charge is -2.41. The molecule has 2 nitrogen and oxygen atoms in total. The first-order chi connectivity index (χ1) is 10.5. The zero-order valence-electron chi connectivity index (χ0n) is 13.0. The number of carbonyl (C=O) groups excluding carboxylic acids is 1. The molecule has 0 heterocycles. The number of rotatable bonds is 6. The Morgan fingerprint density at radius 3 is 2.45 bits per heavy atom. The molecule has 22 heavy (non-hydrogen) atoms. The normalized spacial score (nSPS) is 25.1. The van der Waals surface area contributed by atoms with Crippen LogP contribution in [0.25, 0.3) is 0 Å². The summed E-state index contributed by atoms with van der Waals surface area (Å²) in [6, 6.07) is 3.40. The lowest BCUT2D eigenvalue weighted by Crippen LogP contribution is -2.48. The molecule has 1 aliphatic carbocycles. The van der Waals surface area contributed by atoms with Gasteiger partial charge in [0.15, 0.2) is 11.6 Å². The molecule has 1 aromatic carbocycles. The van der Waals surface area contributed by atoms with E-state index in [9.17, 15) is 18.7 Å². The molecule has 1 saturated carbocycles. The van der Waals surface area contributed by atoms with E-state index in [-0.39, 0.29) is 0 Å². The zero-order chi connectivity index (χ0) is 16.2. The Bertz CT molecular complexity index is 520.